The first-order chi connectivity index (χ1) is 19.5. The van der Waals surface area contributed by atoms with Crippen LogP contribution >= 0.6 is 0 Å². The van der Waals surface area contributed by atoms with Crippen LogP contribution in [0.1, 0.15) is 45.9 Å². The maximum atomic E-state index is 11.7. The lowest BCUT2D eigenvalue weighted by molar-refractivity contribution is -0.00286. The lowest BCUT2D eigenvalue weighted by Crippen LogP contribution is -2.37. The molecular formula is C30H26O11. The van der Waals surface area contributed by atoms with Crippen LogP contribution in [-0.4, -0.2) is 58.2 Å². The second kappa shape index (κ2) is 9.58. The topological polar surface area (TPSA) is 201 Å². The van der Waals surface area contributed by atoms with Gasteiger partial charge < -0.3 is 55.4 Å². The number of phenolic OH excluding ortho intramolecular Hbond substituents is 7. The first-order valence-corrected chi connectivity index (χ1v) is 12.7. The maximum Gasteiger partial charge on any atom is 0.157 e. The van der Waals surface area contributed by atoms with Crippen LogP contribution in [0.5, 0.6) is 51.7 Å². The van der Waals surface area contributed by atoms with Gasteiger partial charge in [0.05, 0.1) is 6.10 Å². The average Bonchev–Trinajstić information content (AvgIpc) is 2.92. The number of aromatic hydroxyl groups is 7. The zero-order valence-electron chi connectivity index (χ0n) is 21.2. The van der Waals surface area contributed by atoms with Crippen LogP contribution < -0.4 is 9.47 Å². The summed E-state index contributed by atoms with van der Waals surface area (Å²) >= 11 is 0. The van der Waals surface area contributed by atoms with Crippen molar-refractivity contribution in [2.45, 2.75) is 36.8 Å². The molecule has 11 nitrogen and oxygen atoms in total. The molecule has 2 heterocycles. The minimum Gasteiger partial charge on any atom is -0.508 e. The standard InChI is InChI=1S/C30H26O11/c31-14-3-4-15(19(34)9-14)30-27(39)25(12-1-5-17(32)21(36)7-12)26-24(40-30)11-20(35)16-10-23(38)28(41-29(16)26)13-2-6-18(33)22(37)8-13/h1-9,11,23,25,27-28,30-39H,10H2/t23-,25-,27-,28+,30+/m0/s1. The summed E-state index contributed by atoms with van der Waals surface area (Å²) in [6, 6.07) is 13.0. The highest BCUT2D eigenvalue weighted by atomic mass is 16.5. The van der Waals surface area contributed by atoms with Gasteiger partial charge in [0.25, 0.3) is 0 Å². The summed E-state index contributed by atoms with van der Waals surface area (Å²) in [5, 5.41) is 94.0. The van der Waals surface area contributed by atoms with Gasteiger partial charge in [-0.3, -0.25) is 0 Å². The van der Waals surface area contributed by atoms with Crippen molar-refractivity contribution in [1.29, 1.82) is 0 Å². The van der Waals surface area contributed by atoms with E-state index in [-0.39, 0.29) is 63.4 Å². The van der Waals surface area contributed by atoms with Crippen molar-refractivity contribution in [3.05, 3.63) is 88.5 Å². The van der Waals surface area contributed by atoms with Crippen LogP contribution in [0.15, 0.2) is 60.7 Å². The Kier molecular flexibility index (Phi) is 6.13. The summed E-state index contributed by atoms with van der Waals surface area (Å²) in [6.45, 7) is 0. The fraction of sp³-hybridized carbons (Fsp3) is 0.200. The van der Waals surface area contributed by atoms with Crippen molar-refractivity contribution < 1.29 is 55.4 Å². The molecule has 0 saturated carbocycles. The molecule has 9 N–H and O–H groups in total. The number of benzene rings is 4. The lowest BCUT2D eigenvalue weighted by atomic mass is 9.77. The molecule has 0 bridgehead atoms. The van der Waals surface area contributed by atoms with Gasteiger partial charge in [0.15, 0.2) is 29.1 Å². The quantitative estimate of drug-likeness (QED) is 0.166. The fourth-order valence-corrected chi connectivity index (χ4v) is 5.60. The molecule has 0 unspecified atom stereocenters. The van der Waals surface area contributed by atoms with Crippen LogP contribution in [0.25, 0.3) is 0 Å². The number of aliphatic hydroxyl groups excluding tert-OH is 2. The maximum absolute atomic E-state index is 11.7. The Hall–Kier alpha value is -5.00. The summed E-state index contributed by atoms with van der Waals surface area (Å²) < 4.78 is 12.4. The van der Waals surface area contributed by atoms with Crippen molar-refractivity contribution in [2.24, 2.45) is 0 Å². The Balaban J connectivity index is 1.55. The van der Waals surface area contributed by atoms with E-state index in [9.17, 15) is 46.0 Å². The molecule has 0 spiro atoms. The Morgan fingerprint density at radius 1 is 0.585 bits per heavy atom. The molecule has 2 aliphatic rings. The molecule has 0 saturated heterocycles. The summed E-state index contributed by atoms with van der Waals surface area (Å²) in [7, 11) is 0. The van der Waals surface area contributed by atoms with Gasteiger partial charge in [-0.25, -0.2) is 0 Å². The third-order valence-electron chi connectivity index (χ3n) is 7.59. The van der Waals surface area contributed by atoms with Crippen LogP contribution in [0.2, 0.25) is 0 Å². The van der Waals surface area contributed by atoms with E-state index in [0.717, 1.165) is 6.07 Å². The second-order valence-corrected chi connectivity index (χ2v) is 10.2. The Labute approximate surface area is 232 Å². The highest BCUT2D eigenvalue weighted by Gasteiger charge is 2.45. The van der Waals surface area contributed by atoms with Crippen molar-refractivity contribution >= 4 is 0 Å². The first kappa shape index (κ1) is 26.2. The van der Waals surface area contributed by atoms with Gasteiger partial charge >= 0.3 is 0 Å². The van der Waals surface area contributed by atoms with Gasteiger partial charge in [-0.15, -0.1) is 0 Å². The van der Waals surface area contributed by atoms with Crippen LogP contribution in [0.4, 0.5) is 0 Å². The van der Waals surface area contributed by atoms with Crippen molar-refractivity contribution in [3.63, 3.8) is 0 Å². The van der Waals surface area contributed by atoms with Crippen molar-refractivity contribution in [3.8, 4) is 51.7 Å². The van der Waals surface area contributed by atoms with Crippen molar-refractivity contribution in [2.75, 3.05) is 0 Å². The average molecular weight is 563 g/mol. The van der Waals surface area contributed by atoms with Gasteiger partial charge in [0.2, 0.25) is 0 Å². The van der Waals surface area contributed by atoms with E-state index in [1.54, 1.807) is 0 Å². The SMILES string of the molecule is Oc1ccc([C@H]2Oc3cc(O)c4c(c3[C@H](c3ccc(O)c(O)c3)[C@@H]2O)O[C@H](c2ccc(O)c(O)c2)[C@@H](O)C4)c(O)c1. The number of fused-ring (bicyclic) bond motifs is 3. The minimum atomic E-state index is -1.43. The van der Waals surface area contributed by atoms with Gasteiger partial charge in [-0.2, -0.15) is 0 Å². The molecule has 0 radical (unpaired) electrons. The predicted octanol–water partition coefficient (Wildman–Crippen LogP) is 3.29. The van der Waals surface area contributed by atoms with E-state index in [4.69, 9.17) is 9.47 Å². The van der Waals surface area contributed by atoms with Crippen LogP contribution in [-0.2, 0) is 6.42 Å². The van der Waals surface area contributed by atoms with Gasteiger partial charge in [0, 0.05) is 41.2 Å². The van der Waals surface area contributed by atoms with E-state index in [0.29, 0.717) is 11.1 Å². The molecule has 212 valence electrons. The monoisotopic (exact) mass is 562 g/mol. The molecule has 4 aromatic carbocycles. The molecule has 11 heteroatoms. The molecule has 41 heavy (non-hydrogen) atoms. The number of aliphatic hydroxyl groups is 2. The molecule has 0 aromatic heterocycles. The van der Waals surface area contributed by atoms with Crippen LogP contribution in [0.3, 0.4) is 0 Å². The number of hydrogen-bond acceptors (Lipinski definition) is 11. The Bertz CT molecular complexity index is 1670. The van der Waals surface area contributed by atoms with Gasteiger partial charge in [-0.1, -0.05) is 12.1 Å². The number of phenols is 7. The lowest BCUT2D eigenvalue weighted by Gasteiger charge is -2.41. The summed E-state index contributed by atoms with van der Waals surface area (Å²) in [6.07, 6.45) is -4.93. The summed E-state index contributed by atoms with van der Waals surface area (Å²) in [4.78, 5) is 0. The van der Waals surface area contributed by atoms with E-state index in [2.05, 4.69) is 0 Å². The van der Waals surface area contributed by atoms with E-state index in [1.165, 1.54) is 54.6 Å². The number of hydrogen-bond donors (Lipinski definition) is 9. The zero-order valence-corrected chi connectivity index (χ0v) is 21.2. The predicted molar refractivity (Wildman–Crippen MR) is 142 cm³/mol. The molecule has 0 aliphatic carbocycles. The third-order valence-corrected chi connectivity index (χ3v) is 7.59. The first-order valence-electron chi connectivity index (χ1n) is 12.7. The molecule has 2 aliphatic heterocycles. The fourth-order valence-electron chi connectivity index (χ4n) is 5.60. The normalized spacial score (nSPS) is 23.1. The minimum absolute atomic E-state index is 0.0743. The molecule has 4 aromatic rings. The molecule has 0 amide bonds. The molecular weight excluding hydrogens is 536 g/mol. The molecule has 0 fully saturated rings. The zero-order chi connectivity index (χ0) is 29.2. The van der Waals surface area contributed by atoms with E-state index >= 15 is 0 Å². The Morgan fingerprint density at radius 2 is 1.24 bits per heavy atom. The smallest absolute Gasteiger partial charge is 0.157 e. The second-order valence-electron chi connectivity index (χ2n) is 10.2. The van der Waals surface area contributed by atoms with Crippen molar-refractivity contribution in [1.82, 2.24) is 0 Å². The third kappa shape index (κ3) is 4.31. The highest BCUT2D eigenvalue weighted by molar-refractivity contribution is 5.64. The van der Waals surface area contributed by atoms with Gasteiger partial charge in [-0.05, 0) is 47.5 Å². The summed E-state index contributed by atoms with van der Waals surface area (Å²) in [5.41, 5.74) is 1.30. The van der Waals surface area contributed by atoms with Gasteiger partial charge in [0.1, 0.15) is 41.0 Å². The highest BCUT2D eigenvalue weighted by Crippen LogP contribution is 2.56. The van der Waals surface area contributed by atoms with Crippen LogP contribution in [0, 0.1) is 0 Å². The van der Waals surface area contributed by atoms with E-state index < -0.39 is 41.8 Å². The molecule has 5 atom stereocenters. The largest absolute Gasteiger partial charge is 0.508 e. The van der Waals surface area contributed by atoms with E-state index in [1.807, 2.05) is 0 Å². The number of rotatable bonds is 3. The molecule has 6 rings (SSSR count). The number of ether oxygens (including phenoxy) is 2. The summed E-state index contributed by atoms with van der Waals surface area (Å²) in [5.74, 6) is -3.28. The Morgan fingerprint density at radius 3 is 1.90 bits per heavy atom.